The molecule has 1 aliphatic rings. The summed E-state index contributed by atoms with van der Waals surface area (Å²) in [6, 6.07) is 0. The van der Waals surface area contributed by atoms with Gasteiger partial charge in [-0.15, -0.1) is 0 Å². The zero-order valence-corrected chi connectivity index (χ0v) is 7.46. The molecule has 0 N–H and O–H groups in total. The summed E-state index contributed by atoms with van der Waals surface area (Å²) in [5, 5.41) is 0. The first-order valence-electron chi connectivity index (χ1n) is 0.939. The Kier molecular flexibility index (Phi) is 3.81. The first-order valence-corrected chi connectivity index (χ1v) is 9.70. The van der Waals surface area contributed by atoms with Crippen LogP contribution in [0, 0.1) is 0 Å². The summed E-state index contributed by atoms with van der Waals surface area (Å²) in [5.41, 5.74) is 0. The molecule has 4 radical (unpaired) electrons. The van der Waals surface area contributed by atoms with Gasteiger partial charge in [0.25, 0.3) is 0 Å². The maximum atomic E-state index is 3.51. The van der Waals surface area contributed by atoms with Gasteiger partial charge in [0.05, 0.1) is 0 Å². The molecule has 1 aliphatic heterocycles. The van der Waals surface area contributed by atoms with E-state index in [2.05, 4.69) is 15.3 Å². The standard InChI is InChI=1S/BrSi3.Li/c1-4-2-3-4;/q-1;+1. The maximum Gasteiger partial charge on any atom is 1.00 e. The van der Waals surface area contributed by atoms with E-state index in [0.717, 1.165) is 0 Å². The Hall–Kier alpha value is 1.73. The Labute approximate surface area is 57.5 Å². The van der Waals surface area contributed by atoms with Crippen LogP contribution in [0.2, 0.25) is 0 Å². The molecule has 1 fully saturated rings. The van der Waals surface area contributed by atoms with Crippen molar-refractivity contribution in [1.29, 1.82) is 0 Å². The Morgan fingerprint density at radius 1 is 1.40 bits per heavy atom. The summed E-state index contributed by atoms with van der Waals surface area (Å²) < 4.78 is 0. The van der Waals surface area contributed by atoms with Crippen LogP contribution in [0.4, 0.5) is 0 Å². The van der Waals surface area contributed by atoms with Gasteiger partial charge in [0.15, 0.2) is 0 Å². The minimum absolute atomic E-state index is 0. The van der Waals surface area contributed by atoms with E-state index in [1.54, 1.807) is 0 Å². The summed E-state index contributed by atoms with van der Waals surface area (Å²) in [6.45, 7) is 0.238. The average molecular weight is 171 g/mol. The van der Waals surface area contributed by atoms with Crippen molar-refractivity contribution in [2.75, 3.05) is 0 Å². The summed E-state index contributed by atoms with van der Waals surface area (Å²) in [4.78, 5) is 0. The van der Waals surface area contributed by atoms with Crippen molar-refractivity contribution in [2.24, 2.45) is 0 Å². The van der Waals surface area contributed by atoms with Crippen LogP contribution in [0.1, 0.15) is 0 Å². The normalized spacial score (nSPS) is 21.0. The first kappa shape index (κ1) is 6.73. The van der Waals surface area contributed by atoms with Crippen LogP contribution in [0.5, 0.6) is 0 Å². The van der Waals surface area contributed by atoms with E-state index < -0.39 is 0 Å². The van der Waals surface area contributed by atoms with Crippen LogP contribution >= 0.6 is 15.3 Å². The molecule has 0 aromatic heterocycles. The molecule has 5 heteroatoms. The minimum Gasteiger partial charge on any atom is -0.362 e. The number of rotatable bonds is 0. The van der Waals surface area contributed by atoms with Crippen LogP contribution in [0.25, 0.3) is 0 Å². The molecule has 1 rings (SSSR count). The molecular formula is BrLiSi3. The van der Waals surface area contributed by atoms with E-state index in [4.69, 9.17) is 0 Å². The smallest absolute Gasteiger partial charge is 0.362 e. The van der Waals surface area contributed by atoms with Crippen molar-refractivity contribution in [1.82, 2.24) is 0 Å². The van der Waals surface area contributed by atoms with E-state index >= 15 is 0 Å². The van der Waals surface area contributed by atoms with Crippen molar-refractivity contribution in [3.8, 4) is 0 Å². The zero-order chi connectivity index (χ0) is 2.99. The Morgan fingerprint density at radius 3 is 1.60 bits per heavy atom. The maximum absolute atomic E-state index is 3.51. The second kappa shape index (κ2) is 2.83. The number of halogens is 1. The molecule has 1 heterocycles. The molecule has 0 nitrogen and oxygen atoms in total. The van der Waals surface area contributed by atoms with E-state index in [9.17, 15) is 0 Å². The van der Waals surface area contributed by atoms with Gasteiger partial charge in [-0.1, -0.05) is 0 Å². The van der Waals surface area contributed by atoms with Crippen molar-refractivity contribution in [3.63, 3.8) is 0 Å². The molecule has 0 unspecified atom stereocenters. The second-order valence-electron chi connectivity index (χ2n) is 0.564. The van der Waals surface area contributed by atoms with Gasteiger partial charge in [0, 0.05) is 0 Å². The molecule has 0 atom stereocenters. The molecular weight excluding hydrogens is 171 g/mol. The summed E-state index contributed by atoms with van der Waals surface area (Å²) >= 11 is 3.51. The third-order valence-electron chi connectivity index (χ3n) is 0.219. The van der Waals surface area contributed by atoms with Gasteiger partial charge in [-0.05, 0) is 0 Å². The fourth-order valence-corrected chi connectivity index (χ4v) is 9.94. The van der Waals surface area contributed by atoms with Crippen LogP contribution in [0.3, 0.4) is 0 Å². The first-order chi connectivity index (χ1) is 1.89. The van der Waals surface area contributed by atoms with Crippen molar-refractivity contribution >= 4 is 38.9 Å². The number of hydrogen-bond acceptors (Lipinski definition) is 0. The van der Waals surface area contributed by atoms with E-state index in [1.807, 2.05) is 0 Å². The van der Waals surface area contributed by atoms with Gasteiger partial charge in [0.2, 0.25) is 0 Å². The number of hydrogen-bond donors (Lipinski definition) is 0. The Bertz CT molecular complexity index is 26.1. The van der Waals surface area contributed by atoms with Crippen LogP contribution in [0.15, 0.2) is 0 Å². The largest absolute Gasteiger partial charge is 1.00 e. The Balaban J connectivity index is 0.000000160. The summed E-state index contributed by atoms with van der Waals surface area (Å²) in [5.74, 6) is 0. The van der Waals surface area contributed by atoms with Gasteiger partial charge in [-0.3, -0.25) is 0 Å². The summed E-state index contributed by atoms with van der Waals surface area (Å²) in [6.07, 6.45) is 0. The minimum atomic E-state index is 0. The van der Waals surface area contributed by atoms with Gasteiger partial charge in [0.1, 0.15) is 0 Å². The molecule has 0 bridgehead atoms. The van der Waals surface area contributed by atoms with E-state index in [-0.39, 0.29) is 25.3 Å². The van der Waals surface area contributed by atoms with Crippen molar-refractivity contribution in [3.05, 3.63) is 0 Å². The quantitative estimate of drug-likeness (QED) is 0.265. The van der Waals surface area contributed by atoms with Gasteiger partial charge >= 0.3 is 18.9 Å². The molecule has 0 aromatic carbocycles. The zero-order valence-electron chi connectivity index (χ0n) is 2.88. The van der Waals surface area contributed by atoms with Crippen LogP contribution in [-0.4, -0.2) is 23.6 Å². The third kappa shape index (κ3) is 3.56. The van der Waals surface area contributed by atoms with Gasteiger partial charge in [-0.25, -0.2) is 23.6 Å². The molecule has 5 heavy (non-hydrogen) atoms. The molecule has 0 aliphatic carbocycles. The predicted molar refractivity (Wildman–Crippen MR) is 26.2 cm³/mol. The van der Waals surface area contributed by atoms with Gasteiger partial charge < -0.3 is 15.3 Å². The molecule has 0 saturated carbocycles. The van der Waals surface area contributed by atoms with Crippen LogP contribution in [-0.2, 0) is 0 Å². The van der Waals surface area contributed by atoms with E-state index in [0.29, 0.717) is 0 Å². The second-order valence-corrected chi connectivity index (χ2v) is 19.0. The topological polar surface area (TPSA) is 0 Å². The SMILES string of the molecule is Br[Si-]1[Si][Si]1.[Li+]. The van der Waals surface area contributed by atoms with E-state index in [1.165, 1.54) is 17.1 Å². The molecule has 1 saturated heterocycles. The summed E-state index contributed by atoms with van der Waals surface area (Å²) in [7, 11) is 2.71. The Morgan fingerprint density at radius 2 is 1.60 bits per heavy atom. The fourth-order valence-electron chi connectivity index (χ4n) is 0.0236. The van der Waals surface area contributed by atoms with Crippen LogP contribution < -0.4 is 18.9 Å². The molecule has 0 spiro atoms. The van der Waals surface area contributed by atoms with Gasteiger partial charge in [-0.2, -0.15) is 0 Å². The molecule has 0 aromatic rings. The van der Waals surface area contributed by atoms with Crippen molar-refractivity contribution in [2.45, 2.75) is 0 Å². The molecule has 0 amide bonds. The molecule has 20 valence electrons. The van der Waals surface area contributed by atoms with Crippen molar-refractivity contribution < 1.29 is 18.9 Å². The monoisotopic (exact) mass is 170 g/mol. The predicted octanol–water partition coefficient (Wildman–Crippen LogP) is -3.29. The fraction of sp³-hybridized carbons (Fsp3) is 0. The third-order valence-corrected chi connectivity index (χ3v) is 16.6. The average Bonchev–Trinajstić information content (AvgIpc) is 1.75.